The van der Waals surface area contributed by atoms with Gasteiger partial charge >= 0.3 is 0 Å². The fourth-order valence-corrected chi connectivity index (χ4v) is 2.01. The molecule has 0 aliphatic heterocycles. The Kier molecular flexibility index (Phi) is 3.48. The molecule has 0 saturated heterocycles. The van der Waals surface area contributed by atoms with Crippen molar-refractivity contribution >= 4 is 17.2 Å². The SMILES string of the molecule is Cc1nc(CC(=O)N(C)Cc2ncn[nH]2)cs1. The number of aromatic amines is 1. The lowest BCUT2D eigenvalue weighted by molar-refractivity contribution is -0.129. The Balaban J connectivity index is 1.91. The van der Waals surface area contributed by atoms with Gasteiger partial charge in [-0.25, -0.2) is 9.97 Å². The first-order valence-electron chi connectivity index (χ1n) is 5.14. The molecule has 0 unspecified atom stereocenters. The number of aromatic nitrogens is 4. The van der Waals surface area contributed by atoms with Gasteiger partial charge in [0.25, 0.3) is 0 Å². The van der Waals surface area contributed by atoms with Gasteiger partial charge in [-0.05, 0) is 6.92 Å². The normalized spacial score (nSPS) is 10.5. The number of rotatable bonds is 4. The predicted molar refractivity (Wildman–Crippen MR) is 63.4 cm³/mol. The van der Waals surface area contributed by atoms with Crippen LogP contribution in [0.2, 0.25) is 0 Å². The Morgan fingerprint density at radius 2 is 2.41 bits per heavy atom. The summed E-state index contributed by atoms with van der Waals surface area (Å²) in [6.07, 6.45) is 1.76. The third-order valence-electron chi connectivity index (χ3n) is 2.28. The number of hydrogen-bond donors (Lipinski definition) is 1. The average Bonchev–Trinajstić information content (AvgIpc) is 2.90. The zero-order valence-corrected chi connectivity index (χ0v) is 10.5. The smallest absolute Gasteiger partial charge is 0.228 e. The van der Waals surface area contributed by atoms with E-state index in [9.17, 15) is 4.79 Å². The molecule has 2 aromatic heterocycles. The van der Waals surface area contributed by atoms with Crippen LogP contribution in [-0.2, 0) is 17.8 Å². The van der Waals surface area contributed by atoms with Crippen molar-refractivity contribution < 1.29 is 4.79 Å². The Labute approximate surface area is 103 Å². The molecule has 0 aliphatic carbocycles. The first-order valence-corrected chi connectivity index (χ1v) is 6.02. The highest BCUT2D eigenvalue weighted by Crippen LogP contribution is 2.09. The van der Waals surface area contributed by atoms with Crippen molar-refractivity contribution in [2.75, 3.05) is 7.05 Å². The molecule has 0 radical (unpaired) electrons. The number of H-pyrrole nitrogens is 1. The highest BCUT2D eigenvalue weighted by molar-refractivity contribution is 7.09. The van der Waals surface area contributed by atoms with E-state index in [1.807, 2.05) is 12.3 Å². The highest BCUT2D eigenvalue weighted by Gasteiger charge is 2.12. The molecule has 2 aromatic rings. The number of aryl methyl sites for hydroxylation is 1. The van der Waals surface area contributed by atoms with Crippen molar-refractivity contribution in [2.45, 2.75) is 19.9 Å². The molecule has 0 spiro atoms. The largest absolute Gasteiger partial charge is 0.338 e. The fraction of sp³-hybridized carbons (Fsp3) is 0.400. The van der Waals surface area contributed by atoms with Crippen LogP contribution in [0, 0.1) is 6.92 Å². The molecule has 0 fully saturated rings. The zero-order valence-electron chi connectivity index (χ0n) is 9.67. The highest BCUT2D eigenvalue weighted by atomic mass is 32.1. The Bertz CT molecular complexity index is 493. The molecule has 6 nitrogen and oxygen atoms in total. The van der Waals surface area contributed by atoms with E-state index < -0.39 is 0 Å². The number of nitrogens with one attached hydrogen (secondary N) is 1. The van der Waals surface area contributed by atoms with Crippen molar-refractivity contribution in [3.8, 4) is 0 Å². The summed E-state index contributed by atoms with van der Waals surface area (Å²) in [7, 11) is 1.74. The molecular weight excluding hydrogens is 238 g/mol. The third kappa shape index (κ3) is 3.10. The molecule has 2 rings (SSSR count). The van der Waals surface area contributed by atoms with Gasteiger partial charge in [0, 0.05) is 12.4 Å². The third-order valence-corrected chi connectivity index (χ3v) is 3.10. The number of hydrogen-bond acceptors (Lipinski definition) is 5. The summed E-state index contributed by atoms with van der Waals surface area (Å²) in [5.41, 5.74) is 0.821. The molecule has 1 amide bonds. The van der Waals surface area contributed by atoms with Gasteiger partial charge in [-0.1, -0.05) is 0 Å². The minimum atomic E-state index is 0.0201. The minimum Gasteiger partial charge on any atom is -0.338 e. The maximum atomic E-state index is 11.9. The maximum absolute atomic E-state index is 11.9. The summed E-state index contributed by atoms with van der Waals surface area (Å²) in [5, 5.41) is 9.35. The van der Waals surface area contributed by atoms with Crippen molar-refractivity contribution in [1.29, 1.82) is 0 Å². The van der Waals surface area contributed by atoms with Crippen LogP contribution in [0.3, 0.4) is 0 Å². The summed E-state index contributed by atoms with van der Waals surface area (Å²) in [5.74, 6) is 0.696. The quantitative estimate of drug-likeness (QED) is 0.871. The van der Waals surface area contributed by atoms with Crippen molar-refractivity contribution in [3.05, 3.63) is 28.2 Å². The standard InChI is InChI=1S/C10H13N5OS/c1-7-13-8(5-17-7)3-10(16)15(2)4-9-11-6-12-14-9/h5-6H,3-4H2,1-2H3,(H,11,12,14). The summed E-state index contributed by atoms with van der Waals surface area (Å²) >= 11 is 1.55. The first kappa shape index (κ1) is 11.7. The Morgan fingerprint density at radius 3 is 3.00 bits per heavy atom. The minimum absolute atomic E-state index is 0.0201. The van der Waals surface area contributed by atoms with Crippen LogP contribution in [0.5, 0.6) is 0 Å². The zero-order chi connectivity index (χ0) is 12.3. The van der Waals surface area contributed by atoms with Gasteiger partial charge in [0.05, 0.1) is 23.7 Å². The van der Waals surface area contributed by atoms with Crippen LogP contribution < -0.4 is 0 Å². The second-order valence-corrected chi connectivity index (χ2v) is 4.78. The lowest BCUT2D eigenvalue weighted by Gasteiger charge is -2.14. The second kappa shape index (κ2) is 5.05. The Morgan fingerprint density at radius 1 is 1.59 bits per heavy atom. The Hall–Kier alpha value is -1.76. The van der Waals surface area contributed by atoms with Gasteiger partial charge in [-0.2, -0.15) is 5.10 Å². The van der Waals surface area contributed by atoms with E-state index >= 15 is 0 Å². The van der Waals surface area contributed by atoms with Crippen LogP contribution in [0.15, 0.2) is 11.7 Å². The van der Waals surface area contributed by atoms with Crippen molar-refractivity contribution in [2.24, 2.45) is 0 Å². The lowest BCUT2D eigenvalue weighted by Crippen LogP contribution is -2.28. The molecule has 1 N–H and O–H groups in total. The van der Waals surface area contributed by atoms with Gasteiger partial charge in [0.15, 0.2) is 0 Å². The number of carbonyl (C=O) groups excluding carboxylic acids is 1. The van der Waals surface area contributed by atoms with Crippen LogP contribution in [0.1, 0.15) is 16.5 Å². The molecule has 0 aliphatic rings. The number of likely N-dealkylation sites (N-methyl/N-ethyl adjacent to an activating group) is 1. The van der Waals surface area contributed by atoms with Gasteiger partial charge in [0.1, 0.15) is 12.2 Å². The topological polar surface area (TPSA) is 74.8 Å². The van der Waals surface area contributed by atoms with Crippen LogP contribution >= 0.6 is 11.3 Å². The van der Waals surface area contributed by atoms with Crippen LogP contribution in [-0.4, -0.2) is 38.0 Å². The second-order valence-electron chi connectivity index (χ2n) is 3.72. The molecule has 0 saturated carbocycles. The van der Waals surface area contributed by atoms with E-state index in [-0.39, 0.29) is 5.91 Å². The molecule has 2 heterocycles. The lowest BCUT2D eigenvalue weighted by atomic mass is 10.3. The molecule has 90 valence electrons. The predicted octanol–water partition coefficient (Wildman–Crippen LogP) is 0.771. The number of thiazole rings is 1. The van der Waals surface area contributed by atoms with E-state index in [4.69, 9.17) is 0 Å². The van der Waals surface area contributed by atoms with E-state index in [0.717, 1.165) is 10.7 Å². The summed E-state index contributed by atoms with van der Waals surface area (Å²) < 4.78 is 0. The van der Waals surface area contributed by atoms with Crippen LogP contribution in [0.4, 0.5) is 0 Å². The van der Waals surface area contributed by atoms with E-state index in [2.05, 4.69) is 20.2 Å². The van der Waals surface area contributed by atoms with Gasteiger partial charge in [-0.15, -0.1) is 11.3 Å². The van der Waals surface area contributed by atoms with Gasteiger partial charge < -0.3 is 4.90 Å². The summed E-state index contributed by atoms with van der Waals surface area (Å²) in [6.45, 7) is 2.36. The fourth-order valence-electron chi connectivity index (χ4n) is 1.40. The van der Waals surface area contributed by atoms with E-state index in [0.29, 0.717) is 18.8 Å². The molecule has 0 atom stereocenters. The van der Waals surface area contributed by atoms with Crippen molar-refractivity contribution in [1.82, 2.24) is 25.1 Å². The monoisotopic (exact) mass is 251 g/mol. The molecule has 17 heavy (non-hydrogen) atoms. The number of nitrogens with zero attached hydrogens (tertiary/aromatic N) is 4. The summed E-state index contributed by atoms with van der Waals surface area (Å²) in [6, 6.07) is 0. The van der Waals surface area contributed by atoms with Gasteiger partial charge in [0.2, 0.25) is 5.91 Å². The van der Waals surface area contributed by atoms with Crippen LogP contribution in [0.25, 0.3) is 0 Å². The van der Waals surface area contributed by atoms with E-state index in [1.54, 1.807) is 23.3 Å². The number of carbonyl (C=O) groups is 1. The number of amides is 1. The molecule has 0 aromatic carbocycles. The first-order chi connectivity index (χ1) is 8.15. The van der Waals surface area contributed by atoms with Gasteiger partial charge in [-0.3, -0.25) is 9.89 Å². The maximum Gasteiger partial charge on any atom is 0.228 e. The van der Waals surface area contributed by atoms with E-state index in [1.165, 1.54) is 6.33 Å². The average molecular weight is 251 g/mol. The van der Waals surface area contributed by atoms with Crippen molar-refractivity contribution in [3.63, 3.8) is 0 Å². The molecular formula is C10H13N5OS. The summed E-state index contributed by atoms with van der Waals surface area (Å²) in [4.78, 5) is 21.7. The molecule has 0 bridgehead atoms. The molecule has 7 heteroatoms.